The molecule has 2 aromatic rings. The van der Waals surface area contributed by atoms with Crippen LogP contribution < -0.4 is 5.32 Å². The number of nitrogens with zero attached hydrogens (tertiary/aromatic N) is 2. The third kappa shape index (κ3) is 3.20. The number of imidazole rings is 1. The first-order chi connectivity index (χ1) is 7.75. The van der Waals surface area contributed by atoms with Crippen molar-refractivity contribution in [1.82, 2.24) is 14.7 Å². The van der Waals surface area contributed by atoms with E-state index < -0.39 is 0 Å². The van der Waals surface area contributed by atoms with E-state index in [9.17, 15) is 0 Å². The zero-order valence-electron chi connectivity index (χ0n) is 9.32. The molecule has 2 aromatic heterocycles. The largest absolute Gasteiger partial charge is 0.311 e. The first-order valence-corrected chi connectivity index (χ1v) is 6.83. The predicted molar refractivity (Wildman–Crippen MR) is 69.3 cm³/mol. The van der Waals surface area contributed by atoms with Gasteiger partial charge >= 0.3 is 0 Å². The van der Waals surface area contributed by atoms with Gasteiger partial charge in [0.15, 0.2) is 4.96 Å². The molecule has 0 radical (unpaired) electrons. The Balaban J connectivity index is 1.72. The molecule has 2 heterocycles. The highest BCUT2D eigenvalue weighted by Gasteiger charge is 2.01. The molecular formula is C11H16ClN3S. The van der Waals surface area contributed by atoms with Crippen LogP contribution in [0, 0.1) is 0 Å². The maximum Gasteiger partial charge on any atom is 0.193 e. The minimum atomic E-state index is 0.278. The lowest BCUT2D eigenvalue weighted by Gasteiger charge is -2.03. The summed E-state index contributed by atoms with van der Waals surface area (Å²) >= 11 is 7.53. The maximum atomic E-state index is 5.87. The van der Waals surface area contributed by atoms with Crippen LogP contribution in [0.15, 0.2) is 17.8 Å². The van der Waals surface area contributed by atoms with Gasteiger partial charge in [-0.25, -0.2) is 4.98 Å². The van der Waals surface area contributed by atoms with Crippen molar-refractivity contribution >= 4 is 27.9 Å². The normalized spacial score (nSPS) is 13.4. The number of halogens is 1. The van der Waals surface area contributed by atoms with Gasteiger partial charge in [-0.2, -0.15) is 0 Å². The fourth-order valence-corrected chi connectivity index (χ4v) is 2.46. The van der Waals surface area contributed by atoms with Crippen molar-refractivity contribution in [3.8, 4) is 0 Å². The molecule has 0 aliphatic rings. The van der Waals surface area contributed by atoms with Crippen LogP contribution in [0.5, 0.6) is 0 Å². The van der Waals surface area contributed by atoms with E-state index in [0.717, 1.165) is 36.6 Å². The van der Waals surface area contributed by atoms with E-state index in [4.69, 9.17) is 11.6 Å². The molecule has 0 aliphatic carbocycles. The van der Waals surface area contributed by atoms with Crippen LogP contribution in [-0.2, 0) is 6.54 Å². The van der Waals surface area contributed by atoms with E-state index in [1.807, 2.05) is 18.5 Å². The minimum absolute atomic E-state index is 0.278. The zero-order valence-corrected chi connectivity index (χ0v) is 10.9. The fourth-order valence-electron chi connectivity index (χ4n) is 1.59. The second kappa shape index (κ2) is 5.66. The van der Waals surface area contributed by atoms with Gasteiger partial charge in [-0.1, -0.05) is 0 Å². The number of hydrogen-bond donors (Lipinski definition) is 1. The van der Waals surface area contributed by atoms with Crippen molar-refractivity contribution in [3.05, 3.63) is 23.5 Å². The molecule has 0 saturated heterocycles. The highest BCUT2D eigenvalue weighted by molar-refractivity contribution is 7.15. The molecule has 0 bridgehead atoms. The van der Waals surface area contributed by atoms with Crippen LogP contribution in [0.3, 0.4) is 0 Å². The molecule has 1 N–H and O–H groups in total. The molecule has 2 rings (SSSR count). The Morgan fingerprint density at radius 1 is 1.62 bits per heavy atom. The number of hydrogen-bond acceptors (Lipinski definition) is 3. The van der Waals surface area contributed by atoms with Gasteiger partial charge in [-0.3, -0.25) is 4.40 Å². The molecule has 1 unspecified atom stereocenters. The topological polar surface area (TPSA) is 29.3 Å². The lowest BCUT2D eigenvalue weighted by Crippen LogP contribution is -2.15. The van der Waals surface area contributed by atoms with Gasteiger partial charge in [0.2, 0.25) is 0 Å². The third-order valence-corrected chi connectivity index (χ3v) is 3.39. The van der Waals surface area contributed by atoms with Crippen LogP contribution in [0.1, 0.15) is 25.5 Å². The van der Waals surface area contributed by atoms with Crippen LogP contribution >= 0.6 is 22.9 Å². The van der Waals surface area contributed by atoms with Crippen molar-refractivity contribution in [1.29, 1.82) is 0 Å². The van der Waals surface area contributed by atoms with Gasteiger partial charge in [0.25, 0.3) is 0 Å². The summed E-state index contributed by atoms with van der Waals surface area (Å²) < 4.78 is 2.06. The van der Waals surface area contributed by atoms with Crippen LogP contribution in [0.25, 0.3) is 4.96 Å². The third-order valence-electron chi connectivity index (χ3n) is 2.40. The average molecular weight is 258 g/mol. The lowest BCUT2D eigenvalue weighted by atomic mass is 10.2. The highest BCUT2D eigenvalue weighted by atomic mass is 35.5. The number of thiazole rings is 1. The van der Waals surface area contributed by atoms with Crippen molar-refractivity contribution in [3.63, 3.8) is 0 Å². The van der Waals surface area contributed by atoms with E-state index in [0.29, 0.717) is 0 Å². The molecular weight excluding hydrogens is 242 g/mol. The Labute approximate surface area is 104 Å². The van der Waals surface area contributed by atoms with Crippen LogP contribution in [-0.4, -0.2) is 21.3 Å². The molecule has 0 aliphatic heterocycles. The summed E-state index contributed by atoms with van der Waals surface area (Å²) in [6, 6.07) is 0. The SMILES string of the molecule is CC(Cl)CCCNCc1cn2ccsc2n1. The molecule has 0 saturated carbocycles. The molecule has 5 heteroatoms. The summed E-state index contributed by atoms with van der Waals surface area (Å²) in [5, 5.41) is 5.70. The van der Waals surface area contributed by atoms with Gasteiger partial charge in [-0.05, 0) is 26.3 Å². The van der Waals surface area contributed by atoms with E-state index in [1.165, 1.54) is 0 Å². The standard InChI is InChI=1S/C11H16ClN3S/c1-9(12)3-2-4-13-7-10-8-15-5-6-16-11(15)14-10/h5-6,8-9,13H,2-4,7H2,1H3. The number of nitrogens with one attached hydrogen (secondary N) is 1. The monoisotopic (exact) mass is 257 g/mol. The zero-order chi connectivity index (χ0) is 11.4. The summed E-state index contributed by atoms with van der Waals surface area (Å²) in [4.78, 5) is 5.56. The van der Waals surface area contributed by atoms with Gasteiger partial charge in [-0.15, -0.1) is 22.9 Å². The van der Waals surface area contributed by atoms with Gasteiger partial charge in [0, 0.05) is 29.7 Å². The lowest BCUT2D eigenvalue weighted by molar-refractivity contribution is 0.614. The maximum absolute atomic E-state index is 5.87. The average Bonchev–Trinajstić information content (AvgIpc) is 2.76. The van der Waals surface area contributed by atoms with E-state index >= 15 is 0 Å². The molecule has 0 aromatic carbocycles. The Kier molecular flexibility index (Phi) is 4.21. The highest BCUT2D eigenvalue weighted by Crippen LogP contribution is 2.11. The van der Waals surface area contributed by atoms with Crippen molar-refractivity contribution < 1.29 is 0 Å². The summed E-state index contributed by atoms with van der Waals surface area (Å²) in [6.07, 6.45) is 6.29. The van der Waals surface area contributed by atoms with Gasteiger partial charge in [0.1, 0.15) is 0 Å². The van der Waals surface area contributed by atoms with Crippen molar-refractivity contribution in [2.24, 2.45) is 0 Å². The first-order valence-electron chi connectivity index (χ1n) is 5.51. The van der Waals surface area contributed by atoms with Crippen LogP contribution in [0.4, 0.5) is 0 Å². The molecule has 0 spiro atoms. The second-order valence-corrected chi connectivity index (χ2v) is 5.54. The predicted octanol–water partition coefficient (Wildman–Crippen LogP) is 2.89. The summed E-state index contributed by atoms with van der Waals surface area (Å²) in [6.45, 7) is 3.87. The minimum Gasteiger partial charge on any atom is -0.311 e. The Hall–Kier alpha value is -0.580. The molecule has 16 heavy (non-hydrogen) atoms. The molecule has 1 atom stereocenters. The van der Waals surface area contributed by atoms with Gasteiger partial charge < -0.3 is 5.32 Å². The van der Waals surface area contributed by atoms with E-state index in [-0.39, 0.29) is 5.38 Å². The smallest absolute Gasteiger partial charge is 0.193 e. The molecule has 88 valence electrons. The molecule has 3 nitrogen and oxygen atoms in total. The van der Waals surface area contributed by atoms with E-state index in [2.05, 4.69) is 20.9 Å². The fraction of sp³-hybridized carbons (Fsp3) is 0.545. The number of fused-ring (bicyclic) bond motifs is 1. The van der Waals surface area contributed by atoms with Crippen molar-refractivity contribution in [2.45, 2.75) is 31.7 Å². The van der Waals surface area contributed by atoms with Gasteiger partial charge in [0.05, 0.1) is 5.69 Å². The molecule has 0 fully saturated rings. The Bertz CT molecular complexity index is 407. The Morgan fingerprint density at radius 2 is 2.50 bits per heavy atom. The van der Waals surface area contributed by atoms with Crippen LogP contribution in [0.2, 0.25) is 0 Å². The van der Waals surface area contributed by atoms with Crippen molar-refractivity contribution in [2.75, 3.05) is 6.54 Å². The summed E-state index contributed by atoms with van der Waals surface area (Å²) in [7, 11) is 0. The quantitative estimate of drug-likeness (QED) is 0.637. The first kappa shape index (κ1) is 11.9. The molecule has 0 amide bonds. The Morgan fingerprint density at radius 3 is 3.25 bits per heavy atom. The summed E-state index contributed by atoms with van der Waals surface area (Å²) in [5.74, 6) is 0. The summed E-state index contributed by atoms with van der Waals surface area (Å²) in [5.41, 5.74) is 1.10. The van der Waals surface area contributed by atoms with E-state index in [1.54, 1.807) is 11.3 Å². The number of aromatic nitrogens is 2. The number of alkyl halides is 1. The second-order valence-electron chi connectivity index (χ2n) is 3.92. The number of rotatable bonds is 6.